The molecule has 0 N–H and O–H groups in total. The van der Waals surface area contributed by atoms with E-state index in [2.05, 4.69) is 6.92 Å². The number of halogens is 1. The van der Waals surface area contributed by atoms with Gasteiger partial charge in [0.1, 0.15) is 0 Å². The Morgan fingerprint density at radius 3 is 0.900 bits per heavy atom. The first kappa shape index (κ1) is 20.3. The van der Waals surface area contributed by atoms with E-state index in [1.807, 2.05) is 0 Å². The van der Waals surface area contributed by atoms with E-state index in [9.17, 15) is 0 Å². The van der Waals surface area contributed by atoms with Gasteiger partial charge in [-0.3, -0.25) is 0 Å². The number of alkyl halides is 1. The summed E-state index contributed by atoms with van der Waals surface area (Å²) in [5, 5.41) is 0. The van der Waals surface area contributed by atoms with Gasteiger partial charge in [0, 0.05) is 5.88 Å². The maximum atomic E-state index is 5.67. The van der Waals surface area contributed by atoms with Crippen LogP contribution in [0.25, 0.3) is 0 Å². The number of rotatable bonds is 17. The largest absolute Gasteiger partial charge is 0.127 e. The number of unbranched alkanes of at least 4 members (excludes halogenated alkanes) is 16. The van der Waals surface area contributed by atoms with Crippen LogP contribution < -0.4 is 0 Å². The van der Waals surface area contributed by atoms with Crippen LogP contribution in [0.3, 0.4) is 0 Å². The third kappa shape index (κ3) is 18.3. The van der Waals surface area contributed by atoms with E-state index in [0.29, 0.717) is 0 Å². The second-order valence-corrected chi connectivity index (χ2v) is 6.72. The summed E-state index contributed by atoms with van der Waals surface area (Å²) in [5.74, 6) is 0.846. The standard InChI is InChI=1S/C19H39Cl/c1-2-3-4-5-6-7-8-9-10-11-12-13-14-15-16-17-18-19-20/h2-19H2,1H3. The minimum atomic E-state index is 0.846. The Labute approximate surface area is 134 Å². The second-order valence-electron chi connectivity index (χ2n) is 6.35. The predicted molar refractivity (Wildman–Crippen MR) is 94.9 cm³/mol. The van der Waals surface area contributed by atoms with E-state index in [4.69, 9.17) is 11.6 Å². The van der Waals surface area contributed by atoms with Crippen molar-refractivity contribution in [2.24, 2.45) is 0 Å². The Morgan fingerprint density at radius 1 is 0.400 bits per heavy atom. The van der Waals surface area contributed by atoms with E-state index in [-0.39, 0.29) is 0 Å². The molecule has 0 aliphatic heterocycles. The molecule has 0 saturated carbocycles. The van der Waals surface area contributed by atoms with E-state index in [0.717, 1.165) is 5.88 Å². The molecule has 0 heterocycles. The van der Waals surface area contributed by atoms with Crippen molar-refractivity contribution in [2.45, 2.75) is 116 Å². The van der Waals surface area contributed by atoms with E-state index < -0.39 is 0 Å². The molecule has 0 aromatic carbocycles. The lowest BCUT2D eigenvalue weighted by atomic mass is 10.0. The lowest BCUT2D eigenvalue weighted by molar-refractivity contribution is 0.529. The van der Waals surface area contributed by atoms with Crippen LogP contribution in [-0.2, 0) is 0 Å². The van der Waals surface area contributed by atoms with Crippen LogP contribution in [-0.4, -0.2) is 5.88 Å². The molecule has 0 amide bonds. The van der Waals surface area contributed by atoms with Gasteiger partial charge in [-0.2, -0.15) is 0 Å². The Morgan fingerprint density at radius 2 is 0.650 bits per heavy atom. The van der Waals surface area contributed by atoms with Crippen molar-refractivity contribution in [1.29, 1.82) is 0 Å². The van der Waals surface area contributed by atoms with E-state index in [1.54, 1.807) is 0 Å². The molecule has 0 atom stereocenters. The maximum Gasteiger partial charge on any atom is 0.0223 e. The minimum absolute atomic E-state index is 0.846. The zero-order valence-electron chi connectivity index (χ0n) is 14.1. The van der Waals surface area contributed by atoms with Crippen LogP contribution in [0.4, 0.5) is 0 Å². The molecular weight excluding hydrogens is 264 g/mol. The second kappa shape index (κ2) is 19.3. The molecule has 0 fully saturated rings. The van der Waals surface area contributed by atoms with Crippen molar-refractivity contribution in [2.75, 3.05) is 5.88 Å². The quantitative estimate of drug-likeness (QED) is 0.189. The van der Waals surface area contributed by atoms with Gasteiger partial charge in [-0.15, -0.1) is 11.6 Å². The highest BCUT2D eigenvalue weighted by Crippen LogP contribution is 2.13. The van der Waals surface area contributed by atoms with Crippen molar-refractivity contribution in [3.8, 4) is 0 Å². The molecule has 0 radical (unpaired) electrons. The summed E-state index contributed by atoms with van der Waals surface area (Å²) >= 11 is 5.67. The van der Waals surface area contributed by atoms with Gasteiger partial charge in [-0.25, -0.2) is 0 Å². The molecule has 0 bridgehead atoms. The average Bonchev–Trinajstić information content (AvgIpc) is 2.47. The lowest BCUT2D eigenvalue weighted by Crippen LogP contribution is -1.84. The monoisotopic (exact) mass is 302 g/mol. The molecule has 0 spiro atoms. The molecule has 0 nitrogen and oxygen atoms in total. The average molecular weight is 303 g/mol. The summed E-state index contributed by atoms with van der Waals surface area (Å²) in [5.41, 5.74) is 0. The number of hydrogen-bond donors (Lipinski definition) is 0. The SMILES string of the molecule is CCCCCCCCCCCCCCCCCCCCl. The molecule has 1 heteroatoms. The molecule has 0 unspecified atom stereocenters. The fourth-order valence-corrected chi connectivity index (χ4v) is 3.01. The molecule has 0 rings (SSSR count). The third-order valence-electron chi connectivity index (χ3n) is 4.24. The van der Waals surface area contributed by atoms with Crippen LogP contribution in [0, 0.1) is 0 Å². The smallest absolute Gasteiger partial charge is 0.0223 e. The van der Waals surface area contributed by atoms with Crippen molar-refractivity contribution in [3.63, 3.8) is 0 Å². The van der Waals surface area contributed by atoms with Crippen molar-refractivity contribution in [1.82, 2.24) is 0 Å². The summed E-state index contributed by atoms with van der Waals surface area (Å²) in [6.45, 7) is 2.29. The fraction of sp³-hybridized carbons (Fsp3) is 1.00. The summed E-state index contributed by atoms with van der Waals surface area (Å²) in [6, 6.07) is 0. The molecule has 20 heavy (non-hydrogen) atoms. The van der Waals surface area contributed by atoms with Crippen LogP contribution in [0.15, 0.2) is 0 Å². The molecule has 0 aromatic heterocycles. The zero-order chi connectivity index (χ0) is 14.7. The summed E-state index contributed by atoms with van der Waals surface area (Å²) < 4.78 is 0. The number of hydrogen-bond acceptors (Lipinski definition) is 0. The topological polar surface area (TPSA) is 0 Å². The van der Waals surface area contributed by atoms with E-state index in [1.165, 1.54) is 109 Å². The molecular formula is C19H39Cl. The van der Waals surface area contributed by atoms with Gasteiger partial charge >= 0.3 is 0 Å². The highest BCUT2D eigenvalue weighted by Gasteiger charge is 1.94. The Hall–Kier alpha value is 0.290. The maximum absolute atomic E-state index is 5.67. The van der Waals surface area contributed by atoms with Gasteiger partial charge in [0.05, 0.1) is 0 Å². The van der Waals surface area contributed by atoms with Gasteiger partial charge in [0.2, 0.25) is 0 Å². The highest BCUT2D eigenvalue weighted by atomic mass is 35.5. The summed E-state index contributed by atoms with van der Waals surface area (Å²) in [6.07, 6.45) is 24.3. The fourth-order valence-electron chi connectivity index (χ4n) is 2.82. The Balaban J connectivity index is 2.89. The van der Waals surface area contributed by atoms with Gasteiger partial charge in [-0.05, 0) is 6.42 Å². The first-order valence-corrected chi connectivity index (χ1v) is 10.0. The highest BCUT2D eigenvalue weighted by molar-refractivity contribution is 6.17. The summed E-state index contributed by atoms with van der Waals surface area (Å²) in [7, 11) is 0. The predicted octanol–water partition coefficient (Wildman–Crippen LogP) is 7.88. The Kier molecular flexibility index (Phi) is 19.6. The molecule has 0 aliphatic carbocycles. The van der Waals surface area contributed by atoms with Crippen LogP contribution in [0.5, 0.6) is 0 Å². The van der Waals surface area contributed by atoms with Gasteiger partial charge in [-0.1, -0.05) is 110 Å². The molecule has 0 aliphatic rings. The summed E-state index contributed by atoms with van der Waals surface area (Å²) in [4.78, 5) is 0. The Bertz CT molecular complexity index is 138. The van der Waals surface area contributed by atoms with Crippen LogP contribution in [0.1, 0.15) is 116 Å². The molecule has 0 saturated heterocycles. The van der Waals surface area contributed by atoms with Crippen molar-refractivity contribution in [3.05, 3.63) is 0 Å². The first-order valence-electron chi connectivity index (χ1n) is 9.47. The van der Waals surface area contributed by atoms with Gasteiger partial charge < -0.3 is 0 Å². The first-order chi connectivity index (χ1) is 9.91. The van der Waals surface area contributed by atoms with E-state index >= 15 is 0 Å². The van der Waals surface area contributed by atoms with Gasteiger partial charge in [0.15, 0.2) is 0 Å². The third-order valence-corrected chi connectivity index (χ3v) is 4.50. The van der Waals surface area contributed by atoms with Crippen molar-refractivity contribution >= 4 is 11.6 Å². The van der Waals surface area contributed by atoms with Crippen molar-refractivity contribution < 1.29 is 0 Å². The minimum Gasteiger partial charge on any atom is -0.127 e. The lowest BCUT2D eigenvalue weighted by Gasteiger charge is -2.03. The van der Waals surface area contributed by atoms with Gasteiger partial charge in [0.25, 0.3) is 0 Å². The molecule has 122 valence electrons. The van der Waals surface area contributed by atoms with Crippen LogP contribution in [0.2, 0.25) is 0 Å². The molecule has 0 aromatic rings. The normalized spacial score (nSPS) is 11.1. The zero-order valence-corrected chi connectivity index (χ0v) is 14.9. The van der Waals surface area contributed by atoms with Crippen LogP contribution >= 0.6 is 11.6 Å².